The zero-order chi connectivity index (χ0) is 12.5. The number of ether oxygens (including phenoxy) is 1. The molecule has 1 heterocycles. The van der Waals surface area contributed by atoms with Crippen molar-refractivity contribution in [3.8, 4) is 0 Å². The molecular formula is C15H13NO2. The van der Waals surface area contributed by atoms with E-state index >= 15 is 0 Å². The Morgan fingerprint density at radius 1 is 1.00 bits per heavy atom. The Kier molecular flexibility index (Phi) is 2.61. The first kappa shape index (κ1) is 11.0. The average Bonchev–Trinajstić information content (AvgIpc) is 3.20. The lowest BCUT2D eigenvalue weighted by Gasteiger charge is -2.01. The average molecular weight is 239 g/mol. The highest BCUT2D eigenvalue weighted by molar-refractivity contribution is 6.05. The molecule has 1 aliphatic rings. The molecule has 0 aromatic heterocycles. The van der Waals surface area contributed by atoms with Crippen LogP contribution in [0.25, 0.3) is 0 Å². The quantitative estimate of drug-likeness (QED) is 0.509. The number of hydrogen-bond donors (Lipinski definition) is 1. The molecule has 3 nitrogen and oxygen atoms in total. The Labute approximate surface area is 105 Å². The number of ketones is 1. The van der Waals surface area contributed by atoms with E-state index in [9.17, 15) is 4.79 Å². The molecule has 0 aliphatic carbocycles. The van der Waals surface area contributed by atoms with Gasteiger partial charge in [-0.3, -0.25) is 4.79 Å². The molecule has 1 aliphatic heterocycles. The summed E-state index contributed by atoms with van der Waals surface area (Å²) in [5.74, 6) is -0.0399. The van der Waals surface area contributed by atoms with Gasteiger partial charge in [-0.05, 0) is 17.7 Å². The van der Waals surface area contributed by atoms with Crippen molar-refractivity contribution in [2.24, 2.45) is 0 Å². The lowest BCUT2D eigenvalue weighted by Crippen LogP contribution is -2.10. The summed E-state index contributed by atoms with van der Waals surface area (Å²) < 4.78 is 5.47. The zero-order valence-corrected chi connectivity index (χ0v) is 9.74. The van der Waals surface area contributed by atoms with Crippen LogP contribution in [-0.2, 0) is 4.74 Å². The molecule has 18 heavy (non-hydrogen) atoms. The predicted octanol–water partition coefficient (Wildman–Crippen LogP) is 2.59. The van der Waals surface area contributed by atoms with Crippen molar-refractivity contribution in [2.75, 3.05) is 5.73 Å². The standard InChI is InChI=1S/C15H13NO2/c16-12-9-5-4-8-11(12)13(17)15-14(18-15)10-6-2-1-3-7-10/h1-9,14-15H,16H2/t14?,15-/m0/s1. The normalized spacial score (nSPS) is 21.6. The van der Waals surface area contributed by atoms with Crippen LogP contribution in [0.4, 0.5) is 5.69 Å². The number of hydrogen-bond acceptors (Lipinski definition) is 3. The highest BCUT2D eigenvalue weighted by Crippen LogP contribution is 2.40. The number of carbonyl (C=O) groups is 1. The second-order valence-corrected chi connectivity index (χ2v) is 4.34. The summed E-state index contributed by atoms with van der Waals surface area (Å²) in [6.07, 6.45) is -0.518. The number of Topliss-reactive ketones (excluding diaryl/α,β-unsaturated/α-hetero) is 1. The van der Waals surface area contributed by atoms with Crippen LogP contribution < -0.4 is 5.73 Å². The SMILES string of the molecule is Nc1ccccc1C(=O)[C@@H]1OC1c1ccccc1. The molecule has 3 rings (SSSR count). The Balaban J connectivity index is 1.80. The number of carbonyl (C=O) groups excluding carboxylic acids is 1. The van der Waals surface area contributed by atoms with Gasteiger partial charge in [0.25, 0.3) is 0 Å². The zero-order valence-electron chi connectivity index (χ0n) is 9.74. The minimum atomic E-state index is -0.392. The Morgan fingerprint density at radius 3 is 2.39 bits per heavy atom. The van der Waals surface area contributed by atoms with Crippen LogP contribution >= 0.6 is 0 Å². The van der Waals surface area contributed by atoms with Gasteiger partial charge in [0.2, 0.25) is 0 Å². The maximum atomic E-state index is 12.2. The molecule has 2 atom stereocenters. The Hall–Kier alpha value is -2.13. The lowest BCUT2D eigenvalue weighted by molar-refractivity contribution is 0.0954. The molecule has 0 spiro atoms. The summed E-state index contributed by atoms with van der Waals surface area (Å²) >= 11 is 0. The first-order valence-corrected chi connectivity index (χ1v) is 5.86. The van der Waals surface area contributed by atoms with Crippen molar-refractivity contribution in [1.29, 1.82) is 0 Å². The molecule has 3 heteroatoms. The highest BCUT2D eigenvalue weighted by Gasteiger charge is 2.46. The molecule has 1 saturated heterocycles. The number of para-hydroxylation sites is 1. The minimum absolute atomic E-state index is 0.0399. The van der Waals surface area contributed by atoms with Gasteiger partial charge < -0.3 is 10.5 Å². The van der Waals surface area contributed by atoms with Gasteiger partial charge in [-0.2, -0.15) is 0 Å². The molecule has 0 radical (unpaired) electrons. The minimum Gasteiger partial charge on any atom is -0.398 e. The first-order valence-electron chi connectivity index (χ1n) is 5.86. The largest absolute Gasteiger partial charge is 0.398 e. The fraction of sp³-hybridized carbons (Fsp3) is 0.133. The molecule has 2 aromatic carbocycles. The molecular weight excluding hydrogens is 226 g/mol. The van der Waals surface area contributed by atoms with Crippen molar-refractivity contribution in [3.63, 3.8) is 0 Å². The van der Waals surface area contributed by atoms with Gasteiger partial charge in [-0.1, -0.05) is 42.5 Å². The summed E-state index contributed by atoms with van der Waals surface area (Å²) in [7, 11) is 0. The van der Waals surface area contributed by atoms with Crippen molar-refractivity contribution in [2.45, 2.75) is 12.2 Å². The van der Waals surface area contributed by atoms with Gasteiger partial charge >= 0.3 is 0 Å². The van der Waals surface area contributed by atoms with Crippen LogP contribution in [0.3, 0.4) is 0 Å². The van der Waals surface area contributed by atoms with Crippen LogP contribution in [0.5, 0.6) is 0 Å². The van der Waals surface area contributed by atoms with E-state index in [4.69, 9.17) is 10.5 Å². The molecule has 2 aromatic rings. The van der Waals surface area contributed by atoms with E-state index in [1.807, 2.05) is 42.5 Å². The summed E-state index contributed by atoms with van der Waals surface area (Å²) in [4.78, 5) is 12.2. The van der Waals surface area contributed by atoms with Crippen LogP contribution in [-0.4, -0.2) is 11.9 Å². The van der Waals surface area contributed by atoms with Crippen molar-refractivity contribution < 1.29 is 9.53 Å². The maximum Gasteiger partial charge on any atom is 0.196 e. The number of benzene rings is 2. The fourth-order valence-electron chi connectivity index (χ4n) is 2.08. The van der Waals surface area contributed by atoms with Crippen LogP contribution in [0.2, 0.25) is 0 Å². The number of epoxide rings is 1. The van der Waals surface area contributed by atoms with Crippen molar-refractivity contribution >= 4 is 11.5 Å². The van der Waals surface area contributed by atoms with E-state index in [2.05, 4.69) is 0 Å². The van der Waals surface area contributed by atoms with Gasteiger partial charge in [0.15, 0.2) is 11.9 Å². The van der Waals surface area contributed by atoms with E-state index in [1.165, 1.54) is 0 Å². The highest BCUT2D eigenvalue weighted by atomic mass is 16.6. The third-order valence-electron chi connectivity index (χ3n) is 3.10. The van der Waals surface area contributed by atoms with Crippen LogP contribution in [0.15, 0.2) is 54.6 Å². The van der Waals surface area contributed by atoms with E-state index in [-0.39, 0.29) is 11.9 Å². The van der Waals surface area contributed by atoms with Gasteiger partial charge in [0.1, 0.15) is 6.10 Å². The third-order valence-corrected chi connectivity index (χ3v) is 3.10. The van der Waals surface area contributed by atoms with Crippen LogP contribution in [0, 0.1) is 0 Å². The molecule has 0 saturated carbocycles. The molecule has 90 valence electrons. The second-order valence-electron chi connectivity index (χ2n) is 4.34. The molecule has 1 fully saturated rings. The first-order chi connectivity index (χ1) is 8.77. The van der Waals surface area contributed by atoms with Crippen LogP contribution in [0.1, 0.15) is 22.0 Å². The molecule has 0 bridgehead atoms. The maximum absolute atomic E-state index is 12.2. The van der Waals surface area contributed by atoms with E-state index in [0.717, 1.165) is 5.56 Å². The molecule has 0 amide bonds. The summed E-state index contributed by atoms with van der Waals surface area (Å²) in [6, 6.07) is 16.8. The number of nitrogens with two attached hydrogens (primary N) is 1. The fourth-order valence-corrected chi connectivity index (χ4v) is 2.08. The van der Waals surface area contributed by atoms with E-state index < -0.39 is 6.10 Å². The molecule has 1 unspecified atom stereocenters. The number of anilines is 1. The van der Waals surface area contributed by atoms with E-state index in [1.54, 1.807) is 12.1 Å². The lowest BCUT2D eigenvalue weighted by atomic mass is 10.0. The topological polar surface area (TPSA) is 55.6 Å². The smallest absolute Gasteiger partial charge is 0.196 e. The second kappa shape index (κ2) is 4.27. The van der Waals surface area contributed by atoms with Gasteiger partial charge in [-0.25, -0.2) is 0 Å². The predicted molar refractivity (Wildman–Crippen MR) is 69.2 cm³/mol. The summed E-state index contributed by atoms with van der Waals surface area (Å²) in [5, 5.41) is 0. The molecule has 2 N–H and O–H groups in total. The van der Waals surface area contributed by atoms with Gasteiger partial charge in [0, 0.05) is 11.3 Å². The van der Waals surface area contributed by atoms with Gasteiger partial charge in [-0.15, -0.1) is 0 Å². The van der Waals surface area contributed by atoms with E-state index in [0.29, 0.717) is 11.3 Å². The summed E-state index contributed by atoms with van der Waals surface area (Å²) in [5.41, 5.74) is 7.87. The number of rotatable bonds is 3. The summed E-state index contributed by atoms with van der Waals surface area (Å²) in [6.45, 7) is 0. The van der Waals surface area contributed by atoms with Gasteiger partial charge in [0.05, 0.1) is 0 Å². The Bertz CT molecular complexity index is 580. The third kappa shape index (κ3) is 1.89. The number of nitrogen functional groups attached to an aromatic ring is 1. The Morgan fingerprint density at radius 2 is 1.67 bits per heavy atom. The monoisotopic (exact) mass is 239 g/mol. The van der Waals surface area contributed by atoms with Crippen molar-refractivity contribution in [1.82, 2.24) is 0 Å². The van der Waals surface area contributed by atoms with Crippen molar-refractivity contribution in [3.05, 3.63) is 65.7 Å².